The molecule has 0 aliphatic heterocycles. The molecule has 26 heavy (non-hydrogen) atoms. The monoisotopic (exact) mass is 374 g/mol. The van der Waals surface area contributed by atoms with Crippen LogP contribution >= 0.6 is 0 Å². The number of aryl methyl sites for hydroxylation is 1. The van der Waals surface area contributed by atoms with E-state index >= 15 is 0 Å². The number of benzene rings is 2. The van der Waals surface area contributed by atoms with E-state index in [4.69, 9.17) is 0 Å². The third-order valence-electron chi connectivity index (χ3n) is 3.96. The van der Waals surface area contributed by atoms with E-state index in [0.29, 0.717) is 23.7 Å². The van der Waals surface area contributed by atoms with Crippen molar-refractivity contribution in [1.82, 2.24) is 0 Å². The summed E-state index contributed by atoms with van der Waals surface area (Å²) >= 11 is 0. The van der Waals surface area contributed by atoms with Gasteiger partial charge in [0.2, 0.25) is 5.91 Å². The van der Waals surface area contributed by atoms with E-state index in [1.54, 1.807) is 43.3 Å². The van der Waals surface area contributed by atoms with Gasteiger partial charge in [0, 0.05) is 12.1 Å². The molecule has 0 aliphatic carbocycles. The SMILES string of the molecule is CCC(=O)Nc1cccc(NS(=O)(=O)c2ccc(CCC(C)C)cc2)c1. The molecule has 2 N–H and O–H groups in total. The third-order valence-corrected chi connectivity index (χ3v) is 5.36. The van der Waals surface area contributed by atoms with Gasteiger partial charge in [0.1, 0.15) is 0 Å². The van der Waals surface area contributed by atoms with Crippen LogP contribution < -0.4 is 10.0 Å². The molecule has 0 spiro atoms. The van der Waals surface area contributed by atoms with Crippen molar-refractivity contribution in [2.45, 2.75) is 44.9 Å². The third kappa shape index (κ3) is 5.88. The molecule has 0 fully saturated rings. The summed E-state index contributed by atoms with van der Waals surface area (Å²) < 4.78 is 27.7. The Labute approximate surface area is 155 Å². The van der Waals surface area contributed by atoms with Crippen LogP contribution in [-0.4, -0.2) is 14.3 Å². The molecule has 0 aromatic heterocycles. The van der Waals surface area contributed by atoms with E-state index in [-0.39, 0.29) is 10.8 Å². The van der Waals surface area contributed by atoms with Gasteiger partial charge in [-0.3, -0.25) is 9.52 Å². The highest BCUT2D eigenvalue weighted by Gasteiger charge is 2.14. The molecule has 2 aromatic rings. The molecule has 0 bridgehead atoms. The minimum Gasteiger partial charge on any atom is -0.326 e. The fourth-order valence-corrected chi connectivity index (χ4v) is 3.46. The second-order valence-electron chi connectivity index (χ2n) is 6.66. The highest BCUT2D eigenvalue weighted by Crippen LogP contribution is 2.20. The van der Waals surface area contributed by atoms with Crippen molar-refractivity contribution in [3.8, 4) is 0 Å². The quantitative estimate of drug-likeness (QED) is 0.718. The molecule has 0 saturated carbocycles. The number of nitrogens with one attached hydrogen (secondary N) is 2. The molecular weight excluding hydrogens is 348 g/mol. The Morgan fingerprint density at radius 3 is 2.31 bits per heavy atom. The topological polar surface area (TPSA) is 75.3 Å². The Hall–Kier alpha value is -2.34. The van der Waals surface area contributed by atoms with Crippen LogP contribution in [0.3, 0.4) is 0 Å². The summed E-state index contributed by atoms with van der Waals surface area (Å²) in [4.78, 5) is 11.7. The van der Waals surface area contributed by atoms with Crippen LogP contribution in [0.5, 0.6) is 0 Å². The van der Waals surface area contributed by atoms with Gasteiger partial charge >= 0.3 is 0 Å². The molecule has 2 rings (SSSR count). The van der Waals surface area contributed by atoms with Gasteiger partial charge < -0.3 is 5.32 Å². The summed E-state index contributed by atoms with van der Waals surface area (Å²) in [5.74, 6) is 0.488. The second kappa shape index (κ2) is 8.85. The Bertz CT molecular complexity index is 844. The number of rotatable bonds is 8. The van der Waals surface area contributed by atoms with Gasteiger partial charge in [-0.15, -0.1) is 0 Å². The van der Waals surface area contributed by atoms with E-state index < -0.39 is 10.0 Å². The molecule has 0 heterocycles. The van der Waals surface area contributed by atoms with Gasteiger partial charge in [-0.2, -0.15) is 0 Å². The minimum absolute atomic E-state index is 0.123. The molecule has 1 amide bonds. The molecular formula is C20H26N2O3S. The lowest BCUT2D eigenvalue weighted by atomic mass is 10.0. The minimum atomic E-state index is -3.67. The Kier molecular flexibility index (Phi) is 6.80. The first kappa shape index (κ1) is 20.0. The van der Waals surface area contributed by atoms with Crippen molar-refractivity contribution in [3.05, 3.63) is 54.1 Å². The summed E-state index contributed by atoms with van der Waals surface area (Å²) in [5.41, 5.74) is 2.09. The molecule has 0 atom stereocenters. The molecule has 0 aliphatic rings. The first-order valence-corrected chi connectivity index (χ1v) is 10.3. The van der Waals surface area contributed by atoms with Gasteiger partial charge in [-0.05, 0) is 54.7 Å². The largest absolute Gasteiger partial charge is 0.326 e. The Balaban J connectivity index is 2.10. The van der Waals surface area contributed by atoms with Crippen LogP contribution in [0.2, 0.25) is 0 Å². The number of hydrogen-bond donors (Lipinski definition) is 2. The first-order valence-electron chi connectivity index (χ1n) is 8.82. The van der Waals surface area contributed by atoms with E-state index in [1.165, 1.54) is 0 Å². The van der Waals surface area contributed by atoms with E-state index in [1.807, 2.05) is 12.1 Å². The lowest BCUT2D eigenvalue weighted by molar-refractivity contribution is -0.115. The normalized spacial score (nSPS) is 11.4. The number of sulfonamides is 1. The lowest BCUT2D eigenvalue weighted by Crippen LogP contribution is -2.14. The van der Waals surface area contributed by atoms with Gasteiger partial charge in [0.25, 0.3) is 10.0 Å². The fourth-order valence-electron chi connectivity index (χ4n) is 2.41. The fraction of sp³-hybridized carbons (Fsp3) is 0.350. The zero-order chi connectivity index (χ0) is 19.2. The van der Waals surface area contributed by atoms with E-state index in [9.17, 15) is 13.2 Å². The van der Waals surface area contributed by atoms with Crippen LogP contribution in [0.1, 0.15) is 39.2 Å². The van der Waals surface area contributed by atoms with Crippen molar-refractivity contribution >= 4 is 27.3 Å². The van der Waals surface area contributed by atoms with Crippen molar-refractivity contribution in [3.63, 3.8) is 0 Å². The number of carbonyl (C=O) groups is 1. The molecule has 2 aromatic carbocycles. The maximum absolute atomic E-state index is 12.6. The Morgan fingerprint density at radius 1 is 1.04 bits per heavy atom. The second-order valence-corrected chi connectivity index (χ2v) is 8.35. The van der Waals surface area contributed by atoms with Gasteiger partial charge in [0.15, 0.2) is 0 Å². The number of carbonyl (C=O) groups excluding carboxylic acids is 1. The maximum atomic E-state index is 12.6. The molecule has 0 unspecified atom stereocenters. The summed E-state index contributed by atoms with van der Waals surface area (Å²) in [7, 11) is -3.67. The van der Waals surface area contributed by atoms with Crippen molar-refractivity contribution in [2.24, 2.45) is 5.92 Å². The van der Waals surface area contributed by atoms with Crippen LogP contribution in [0.15, 0.2) is 53.4 Å². The molecule has 5 nitrogen and oxygen atoms in total. The smallest absolute Gasteiger partial charge is 0.261 e. The average molecular weight is 375 g/mol. The van der Waals surface area contributed by atoms with Crippen LogP contribution in [0.25, 0.3) is 0 Å². The van der Waals surface area contributed by atoms with Crippen LogP contribution in [0, 0.1) is 5.92 Å². The Morgan fingerprint density at radius 2 is 1.69 bits per heavy atom. The molecule has 6 heteroatoms. The molecule has 0 radical (unpaired) electrons. The predicted octanol–water partition coefficient (Wildman–Crippen LogP) is 4.42. The first-order chi connectivity index (χ1) is 12.3. The average Bonchev–Trinajstić information content (AvgIpc) is 2.60. The van der Waals surface area contributed by atoms with Gasteiger partial charge in [0.05, 0.1) is 10.6 Å². The summed E-state index contributed by atoms with van der Waals surface area (Å²) in [5, 5.41) is 2.71. The number of anilines is 2. The summed E-state index contributed by atoms with van der Waals surface area (Å²) in [6.07, 6.45) is 2.37. The summed E-state index contributed by atoms with van der Waals surface area (Å²) in [6, 6.07) is 13.6. The number of hydrogen-bond acceptors (Lipinski definition) is 3. The maximum Gasteiger partial charge on any atom is 0.261 e. The highest BCUT2D eigenvalue weighted by molar-refractivity contribution is 7.92. The zero-order valence-electron chi connectivity index (χ0n) is 15.5. The van der Waals surface area contributed by atoms with Crippen LogP contribution in [0.4, 0.5) is 11.4 Å². The van der Waals surface area contributed by atoms with Gasteiger partial charge in [-0.1, -0.05) is 39.0 Å². The van der Waals surface area contributed by atoms with Crippen LogP contribution in [-0.2, 0) is 21.2 Å². The van der Waals surface area contributed by atoms with Crippen molar-refractivity contribution < 1.29 is 13.2 Å². The molecule has 140 valence electrons. The summed E-state index contributed by atoms with van der Waals surface area (Å²) in [6.45, 7) is 6.09. The lowest BCUT2D eigenvalue weighted by Gasteiger charge is -2.11. The van der Waals surface area contributed by atoms with E-state index in [0.717, 1.165) is 18.4 Å². The van der Waals surface area contributed by atoms with Crippen molar-refractivity contribution in [2.75, 3.05) is 10.0 Å². The number of amides is 1. The van der Waals surface area contributed by atoms with Gasteiger partial charge in [-0.25, -0.2) is 8.42 Å². The molecule has 0 saturated heterocycles. The zero-order valence-corrected chi connectivity index (χ0v) is 16.3. The highest BCUT2D eigenvalue weighted by atomic mass is 32.2. The van der Waals surface area contributed by atoms with Crippen molar-refractivity contribution in [1.29, 1.82) is 0 Å². The standard InChI is InChI=1S/C20H26N2O3S/c1-4-20(23)21-17-6-5-7-18(14-17)22-26(24,25)19-12-10-16(11-13-19)9-8-15(2)3/h5-7,10-15,22H,4,8-9H2,1-3H3,(H,21,23). The van der Waals surface area contributed by atoms with E-state index in [2.05, 4.69) is 23.9 Å². The predicted molar refractivity (Wildman–Crippen MR) is 106 cm³/mol.